The zero-order chi connectivity index (χ0) is 23.8. The highest BCUT2D eigenvalue weighted by molar-refractivity contribution is 7.92. The van der Waals surface area contributed by atoms with Crippen LogP contribution in [0.3, 0.4) is 0 Å². The first-order valence-corrected chi connectivity index (χ1v) is 12.3. The molecule has 3 aromatic carbocycles. The third kappa shape index (κ3) is 6.81. The minimum absolute atomic E-state index is 0.347. The molecule has 9 heteroatoms. The minimum Gasteiger partial charge on any atom is -0.489 e. The van der Waals surface area contributed by atoms with Gasteiger partial charge in [0.2, 0.25) is 10.0 Å². The molecule has 0 saturated heterocycles. The number of sulfonamides is 1. The number of rotatable bonds is 9. The molecule has 3 aromatic rings. The summed E-state index contributed by atoms with van der Waals surface area (Å²) in [6, 6.07) is 22.1. The fraction of sp³-hybridized carbons (Fsp3) is 0.167. The molecule has 0 radical (unpaired) electrons. The fourth-order valence-corrected chi connectivity index (χ4v) is 4.44. The predicted molar refractivity (Wildman–Crippen MR) is 131 cm³/mol. The Kier molecular flexibility index (Phi) is 8.08. The standard InChI is InChI=1S/C24H24ClN3O4S/c1-18(28(33(2,30)31)21-9-4-3-5-10-21)24(29)27-26-16-19-12-14-22(15-13-19)32-17-20-8-6-7-11-23(20)25/h3-16,18H,17H2,1-2H3,(H,27,29)/b26-16-/t18-/m1/s1. The lowest BCUT2D eigenvalue weighted by atomic mass is 10.2. The molecule has 1 N–H and O–H groups in total. The SMILES string of the molecule is C[C@H](C(=O)N/N=C\c1ccc(OCc2ccccc2Cl)cc1)N(c1ccccc1)S(C)(=O)=O. The summed E-state index contributed by atoms with van der Waals surface area (Å²) in [5, 5.41) is 4.60. The summed E-state index contributed by atoms with van der Waals surface area (Å²) in [5.74, 6) is 0.108. The lowest BCUT2D eigenvalue weighted by Gasteiger charge is -2.27. The van der Waals surface area contributed by atoms with Crippen LogP contribution >= 0.6 is 11.6 Å². The second kappa shape index (κ2) is 11.0. The monoisotopic (exact) mass is 485 g/mol. The van der Waals surface area contributed by atoms with E-state index in [1.54, 1.807) is 54.6 Å². The van der Waals surface area contributed by atoms with E-state index in [-0.39, 0.29) is 0 Å². The van der Waals surface area contributed by atoms with Crippen LogP contribution < -0.4 is 14.5 Å². The van der Waals surface area contributed by atoms with Crippen molar-refractivity contribution in [2.24, 2.45) is 5.10 Å². The number of hydrogen-bond acceptors (Lipinski definition) is 5. The van der Waals surface area contributed by atoms with Crippen LogP contribution in [-0.4, -0.2) is 32.8 Å². The van der Waals surface area contributed by atoms with Gasteiger partial charge in [0.25, 0.3) is 5.91 Å². The summed E-state index contributed by atoms with van der Waals surface area (Å²) in [5.41, 5.74) is 4.42. The Hall–Kier alpha value is -3.36. The van der Waals surface area contributed by atoms with E-state index in [2.05, 4.69) is 10.5 Å². The van der Waals surface area contributed by atoms with Crippen LogP contribution in [0.2, 0.25) is 5.02 Å². The molecule has 0 aliphatic heterocycles. The fourth-order valence-electron chi connectivity index (χ4n) is 3.07. The molecule has 0 aliphatic carbocycles. The van der Waals surface area contributed by atoms with Gasteiger partial charge in [-0.1, -0.05) is 48.0 Å². The minimum atomic E-state index is -3.67. The van der Waals surface area contributed by atoms with Gasteiger partial charge in [-0.2, -0.15) is 5.10 Å². The van der Waals surface area contributed by atoms with Crippen molar-refractivity contribution < 1.29 is 17.9 Å². The molecule has 0 aromatic heterocycles. The summed E-state index contributed by atoms with van der Waals surface area (Å²) in [7, 11) is -3.67. The predicted octanol–water partition coefficient (Wildman–Crippen LogP) is 4.22. The van der Waals surface area contributed by atoms with Crippen molar-refractivity contribution >= 4 is 39.4 Å². The molecule has 0 heterocycles. The number of benzene rings is 3. The first-order valence-electron chi connectivity index (χ1n) is 10.1. The molecule has 3 rings (SSSR count). The van der Waals surface area contributed by atoms with Gasteiger partial charge >= 0.3 is 0 Å². The zero-order valence-corrected chi connectivity index (χ0v) is 19.8. The summed E-state index contributed by atoms with van der Waals surface area (Å²) in [6.07, 6.45) is 2.53. The molecular weight excluding hydrogens is 462 g/mol. The smallest absolute Gasteiger partial charge is 0.263 e. The van der Waals surface area contributed by atoms with E-state index in [1.165, 1.54) is 13.1 Å². The number of hydrazone groups is 1. The Morgan fingerprint density at radius 3 is 2.33 bits per heavy atom. The first-order chi connectivity index (χ1) is 15.8. The number of para-hydroxylation sites is 1. The number of halogens is 1. The van der Waals surface area contributed by atoms with E-state index in [0.717, 1.165) is 21.7 Å². The van der Waals surface area contributed by atoms with Crippen LogP contribution in [0.5, 0.6) is 5.75 Å². The topological polar surface area (TPSA) is 88.1 Å². The van der Waals surface area contributed by atoms with Crippen LogP contribution in [-0.2, 0) is 21.4 Å². The average molecular weight is 486 g/mol. The quantitative estimate of drug-likeness (QED) is 0.363. The molecule has 0 aliphatic rings. The number of anilines is 1. The van der Waals surface area contributed by atoms with Gasteiger partial charge in [0.05, 0.1) is 18.2 Å². The van der Waals surface area contributed by atoms with Gasteiger partial charge in [0.15, 0.2) is 0 Å². The molecule has 0 saturated carbocycles. The lowest BCUT2D eigenvalue weighted by Crippen LogP contribution is -2.46. The van der Waals surface area contributed by atoms with E-state index < -0.39 is 22.0 Å². The van der Waals surface area contributed by atoms with Crippen molar-refractivity contribution in [1.29, 1.82) is 0 Å². The van der Waals surface area contributed by atoms with E-state index in [1.807, 2.05) is 24.3 Å². The number of nitrogens with one attached hydrogen (secondary N) is 1. The van der Waals surface area contributed by atoms with Crippen molar-refractivity contribution in [3.8, 4) is 5.75 Å². The average Bonchev–Trinajstić information content (AvgIpc) is 2.79. The zero-order valence-electron chi connectivity index (χ0n) is 18.2. The molecule has 1 atom stereocenters. The van der Waals surface area contributed by atoms with Crippen LogP contribution in [0.1, 0.15) is 18.1 Å². The molecule has 33 heavy (non-hydrogen) atoms. The van der Waals surface area contributed by atoms with Gasteiger partial charge in [-0.25, -0.2) is 13.8 Å². The molecule has 7 nitrogen and oxygen atoms in total. The normalized spacial score (nSPS) is 12.3. The Morgan fingerprint density at radius 2 is 1.70 bits per heavy atom. The third-order valence-electron chi connectivity index (χ3n) is 4.72. The first kappa shape index (κ1) is 24.3. The van der Waals surface area contributed by atoms with Crippen molar-refractivity contribution in [2.75, 3.05) is 10.6 Å². The molecule has 0 unspecified atom stereocenters. The van der Waals surface area contributed by atoms with Crippen LogP contribution in [0, 0.1) is 0 Å². The van der Waals surface area contributed by atoms with Crippen molar-refractivity contribution in [2.45, 2.75) is 19.6 Å². The highest BCUT2D eigenvalue weighted by atomic mass is 35.5. The number of nitrogens with zero attached hydrogens (tertiary/aromatic N) is 2. The summed E-state index contributed by atoms with van der Waals surface area (Å²) in [6.45, 7) is 1.85. The Morgan fingerprint density at radius 1 is 1.06 bits per heavy atom. The van der Waals surface area contributed by atoms with Gasteiger partial charge in [-0.05, 0) is 55.0 Å². The second-order valence-corrected chi connectivity index (χ2v) is 9.52. The van der Waals surface area contributed by atoms with E-state index in [4.69, 9.17) is 16.3 Å². The number of ether oxygens (including phenoxy) is 1. The van der Waals surface area contributed by atoms with Gasteiger partial charge < -0.3 is 4.74 Å². The van der Waals surface area contributed by atoms with Crippen molar-refractivity contribution in [1.82, 2.24) is 5.43 Å². The molecular formula is C24H24ClN3O4S. The number of carbonyl (C=O) groups excluding carboxylic acids is 1. The van der Waals surface area contributed by atoms with Gasteiger partial charge in [0.1, 0.15) is 18.4 Å². The van der Waals surface area contributed by atoms with Gasteiger partial charge in [-0.3, -0.25) is 9.10 Å². The summed E-state index contributed by atoms with van der Waals surface area (Å²) < 4.78 is 31.3. The van der Waals surface area contributed by atoms with Crippen LogP contribution in [0.15, 0.2) is 84.0 Å². The largest absolute Gasteiger partial charge is 0.489 e. The van der Waals surface area contributed by atoms with Crippen molar-refractivity contribution in [3.63, 3.8) is 0 Å². The van der Waals surface area contributed by atoms with Crippen molar-refractivity contribution in [3.05, 3.63) is 95.0 Å². The number of hydrogen-bond donors (Lipinski definition) is 1. The Labute approximate surface area is 198 Å². The maximum Gasteiger partial charge on any atom is 0.263 e. The van der Waals surface area contributed by atoms with E-state index >= 15 is 0 Å². The highest BCUT2D eigenvalue weighted by Gasteiger charge is 2.28. The maximum absolute atomic E-state index is 12.5. The highest BCUT2D eigenvalue weighted by Crippen LogP contribution is 2.20. The van der Waals surface area contributed by atoms with Crippen LogP contribution in [0.4, 0.5) is 5.69 Å². The summed E-state index contributed by atoms with van der Waals surface area (Å²) >= 11 is 6.13. The van der Waals surface area contributed by atoms with Crippen LogP contribution in [0.25, 0.3) is 0 Å². The molecule has 0 bridgehead atoms. The molecule has 0 fully saturated rings. The molecule has 0 spiro atoms. The molecule has 1 amide bonds. The third-order valence-corrected chi connectivity index (χ3v) is 6.33. The van der Waals surface area contributed by atoms with Gasteiger partial charge in [0, 0.05) is 10.6 Å². The van der Waals surface area contributed by atoms with E-state index in [0.29, 0.717) is 23.1 Å². The van der Waals surface area contributed by atoms with E-state index in [9.17, 15) is 13.2 Å². The maximum atomic E-state index is 12.5. The molecule has 172 valence electrons. The Bertz CT molecular complexity index is 1220. The number of carbonyl (C=O) groups is 1. The second-order valence-electron chi connectivity index (χ2n) is 7.25. The lowest BCUT2D eigenvalue weighted by molar-refractivity contribution is -0.121. The Balaban J connectivity index is 1.58. The van der Waals surface area contributed by atoms with Gasteiger partial charge in [-0.15, -0.1) is 0 Å². The summed E-state index contributed by atoms with van der Waals surface area (Å²) in [4.78, 5) is 12.5. The number of amides is 1.